The van der Waals surface area contributed by atoms with Crippen molar-refractivity contribution >= 4 is 17.8 Å². The molecular formula is C21H28N2O4. The van der Waals surface area contributed by atoms with Crippen LogP contribution in [0.3, 0.4) is 0 Å². The maximum Gasteiger partial charge on any atom is 0.303 e. The summed E-state index contributed by atoms with van der Waals surface area (Å²) >= 11 is 0. The second-order valence-corrected chi connectivity index (χ2v) is 7.89. The molecule has 0 unspecified atom stereocenters. The van der Waals surface area contributed by atoms with Gasteiger partial charge in [-0.05, 0) is 37.7 Å². The van der Waals surface area contributed by atoms with Gasteiger partial charge >= 0.3 is 5.97 Å². The minimum atomic E-state index is -0.786. The van der Waals surface area contributed by atoms with Gasteiger partial charge in [0.2, 0.25) is 11.8 Å². The standard InChI is InChI=1S/C21H28N2O4/c1-15-4-6-17(7-5-15)13-23-14-18(11-19(23)24)21(27)22-10-2-3-16(12-22)8-9-20(25)26/h4-7,16,18H,2-3,8-14H2,1H3,(H,25,26)/t16-,18-/m1/s1. The topological polar surface area (TPSA) is 77.9 Å². The van der Waals surface area contributed by atoms with E-state index >= 15 is 0 Å². The third-order valence-electron chi connectivity index (χ3n) is 5.65. The highest BCUT2D eigenvalue weighted by molar-refractivity contribution is 5.89. The van der Waals surface area contributed by atoms with Crippen LogP contribution in [0, 0.1) is 18.8 Å². The predicted molar refractivity (Wildman–Crippen MR) is 101 cm³/mol. The van der Waals surface area contributed by atoms with Gasteiger partial charge in [0.25, 0.3) is 0 Å². The third kappa shape index (κ3) is 5.08. The summed E-state index contributed by atoms with van der Waals surface area (Å²) < 4.78 is 0. The van der Waals surface area contributed by atoms with Crippen molar-refractivity contribution in [2.45, 2.75) is 45.6 Å². The van der Waals surface area contributed by atoms with Crippen LogP contribution in [0.15, 0.2) is 24.3 Å². The Morgan fingerprint density at radius 2 is 1.93 bits per heavy atom. The lowest BCUT2D eigenvalue weighted by molar-refractivity contribution is -0.138. The van der Waals surface area contributed by atoms with Crippen LogP contribution in [0.5, 0.6) is 0 Å². The minimum Gasteiger partial charge on any atom is -0.481 e. The summed E-state index contributed by atoms with van der Waals surface area (Å²) in [5.74, 6) is -0.726. The Bertz CT molecular complexity index is 701. The number of rotatable bonds is 6. The van der Waals surface area contributed by atoms with E-state index in [1.807, 2.05) is 36.1 Å². The first-order valence-electron chi connectivity index (χ1n) is 9.76. The number of likely N-dealkylation sites (tertiary alicyclic amines) is 2. The number of carbonyl (C=O) groups excluding carboxylic acids is 2. The molecule has 0 aliphatic carbocycles. The lowest BCUT2D eigenvalue weighted by atomic mass is 9.92. The molecule has 0 aromatic heterocycles. The zero-order chi connectivity index (χ0) is 19.4. The Morgan fingerprint density at radius 1 is 1.19 bits per heavy atom. The fraction of sp³-hybridized carbons (Fsp3) is 0.571. The quantitative estimate of drug-likeness (QED) is 0.832. The average molecular weight is 372 g/mol. The van der Waals surface area contributed by atoms with Crippen molar-refractivity contribution in [1.82, 2.24) is 9.80 Å². The Labute approximate surface area is 160 Å². The van der Waals surface area contributed by atoms with E-state index in [2.05, 4.69) is 0 Å². The lowest BCUT2D eigenvalue weighted by Gasteiger charge is -2.34. The second-order valence-electron chi connectivity index (χ2n) is 7.89. The van der Waals surface area contributed by atoms with Gasteiger partial charge < -0.3 is 14.9 Å². The number of aryl methyl sites for hydroxylation is 1. The van der Waals surface area contributed by atoms with Gasteiger partial charge in [-0.25, -0.2) is 0 Å². The molecule has 2 amide bonds. The van der Waals surface area contributed by atoms with E-state index in [1.54, 1.807) is 4.90 Å². The molecule has 3 rings (SSSR count). The first kappa shape index (κ1) is 19.4. The van der Waals surface area contributed by atoms with Gasteiger partial charge in [0.15, 0.2) is 0 Å². The molecule has 1 aromatic rings. The monoisotopic (exact) mass is 372 g/mol. The van der Waals surface area contributed by atoms with Crippen LogP contribution in [-0.4, -0.2) is 52.3 Å². The molecule has 2 atom stereocenters. The molecule has 6 nitrogen and oxygen atoms in total. The van der Waals surface area contributed by atoms with Crippen LogP contribution >= 0.6 is 0 Å². The van der Waals surface area contributed by atoms with Crippen molar-refractivity contribution in [2.75, 3.05) is 19.6 Å². The Hall–Kier alpha value is -2.37. The van der Waals surface area contributed by atoms with Crippen LogP contribution in [0.2, 0.25) is 0 Å². The molecule has 2 saturated heterocycles. The number of carboxylic acids is 1. The molecule has 27 heavy (non-hydrogen) atoms. The van der Waals surface area contributed by atoms with Crippen LogP contribution in [-0.2, 0) is 20.9 Å². The number of carbonyl (C=O) groups is 3. The highest BCUT2D eigenvalue weighted by atomic mass is 16.4. The molecule has 146 valence electrons. The number of carboxylic acid groups (broad SMARTS) is 1. The molecular weight excluding hydrogens is 344 g/mol. The van der Waals surface area contributed by atoms with Crippen LogP contribution in [0.1, 0.15) is 43.2 Å². The molecule has 1 N–H and O–H groups in total. The van der Waals surface area contributed by atoms with Crippen molar-refractivity contribution < 1.29 is 19.5 Å². The summed E-state index contributed by atoms with van der Waals surface area (Å²) in [5.41, 5.74) is 2.26. The molecule has 2 fully saturated rings. The number of hydrogen-bond acceptors (Lipinski definition) is 3. The van der Waals surface area contributed by atoms with E-state index in [9.17, 15) is 14.4 Å². The van der Waals surface area contributed by atoms with E-state index in [0.717, 1.165) is 18.4 Å². The molecule has 6 heteroatoms. The summed E-state index contributed by atoms with van der Waals surface area (Å²) in [7, 11) is 0. The molecule has 2 heterocycles. The Kier molecular flexibility index (Phi) is 6.14. The predicted octanol–water partition coefficient (Wildman–Crippen LogP) is 2.45. The Balaban J connectivity index is 1.55. The summed E-state index contributed by atoms with van der Waals surface area (Å²) in [6.45, 7) is 4.38. The first-order valence-corrected chi connectivity index (χ1v) is 9.76. The molecule has 0 radical (unpaired) electrons. The van der Waals surface area contributed by atoms with E-state index < -0.39 is 5.97 Å². The largest absolute Gasteiger partial charge is 0.481 e. The Morgan fingerprint density at radius 3 is 2.63 bits per heavy atom. The van der Waals surface area contributed by atoms with Crippen LogP contribution in [0.25, 0.3) is 0 Å². The fourth-order valence-electron chi connectivity index (χ4n) is 4.09. The van der Waals surface area contributed by atoms with Gasteiger partial charge in [-0.1, -0.05) is 29.8 Å². The molecule has 2 aliphatic rings. The molecule has 0 saturated carbocycles. The second kappa shape index (κ2) is 8.55. The number of amides is 2. The first-order chi connectivity index (χ1) is 12.9. The van der Waals surface area contributed by atoms with E-state index in [4.69, 9.17) is 5.11 Å². The fourth-order valence-corrected chi connectivity index (χ4v) is 4.09. The number of hydrogen-bond donors (Lipinski definition) is 1. The number of benzene rings is 1. The van der Waals surface area contributed by atoms with Gasteiger partial charge in [0.05, 0.1) is 5.92 Å². The zero-order valence-electron chi connectivity index (χ0n) is 15.9. The lowest BCUT2D eigenvalue weighted by Crippen LogP contribution is -2.43. The van der Waals surface area contributed by atoms with Gasteiger partial charge in [-0.3, -0.25) is 14.4 Å². The number of nitrogens with zero attached hydrogens (tertiary/aromatic N) is 2. The van der Waals surface area contributed by atoms with Crippen molar-refractivity contribution in [1.29, 1.82) is 0 Å². The molecule has 2 aliphatic heterocycles. The summed E-state index contributed by atoms with van der Waals surface area (Å²) in [4.78, 5) is 39.7. The van der Waals surface area contributed by atoms with Crippen molar-refractivity contribution in [3.05, 3.63) is 35.4 Å². The van der Waals surface area contributed by atoms with Crippen LogP contribution < -0.4 is 0 Å². The van der Waals surface area contributed by atoms with Gasteiger partial charge in [0.1, 0.15) is 0 Å². The minimum absolute atomic E-state index is 0.0355. The third-order valence-corrected chi connectivity index (χ3v) is 5.65. The van der Waals surface area contributed by atoms with Crippen LogP contribution in [0.4, 0.5) is 0 Å². The van der Waals surface area contributed by atoms with Gasteiger partial charge in [-0.2, -0.15) is 0 Å². The van der Waals surface area contributed by atoms with Crippen molar-refractivity contribution in [3.8, 4) is 0 Å². The smallest absolute Gasteiger partial charge is 0.303 e. The van der Waals surface area contributed by atoms with Gasteiger partial charge in [-0.15, -0.1) is 0 Å². The maximum absolute atomic E-state index is 12.9. The van der Waals surface area contributed by atoms with E-state index in [1.165, 1.54) is 5.56 Å². The molecule has 0 bridgehead atoms. The van der Waals surface area contributed by atoms with Crippen molar-refractivity contribution in [3.63, 3.8) is 0 Å². The zero-order valence-corrected chi connectivity index (χ0v) is 15.9. The normalized spacial score (nSPS) is 22.9. The highest BCUT2D eigenvalue weighted by Crippen LogP contribution is 2.26. The summed E-state index contributed by atoms with van der Waals surface area (Å²) in [6, 6.07) is 8.11. The van der Waals surface area contributed by atoms with E-state index in [-0.39, 0.29) is 36.5 Å². The molecule has 0 spiro atoms. The van der Waals surface area contributed by atoms with Gasteiger partial charge in [0, 0.05) is 39.0 Å². The SMILES string of the molecule is Cc1ccc(CN2C[C@H](C(=O)N3CCC[C@H](CCC(=O)O)C3)CC2=O)cc1. The van der Waals surface area contributed by atoms with Crippen molar-refractivity contribution in [2.24, 2.45) is 11.8 Å². The number of aliphatic carboxylic acids is 1. The van der Waals surface area contributed by atoms with E-state index in [0.29, 0.717) is 32.6 Å². The molecule has 1 aromatic carbocycles. The number of piperidine rings is 1. The highest BCUT2D eigenvalue weighted by Gasteiger charge is 2.37. The summed E-state index contributed by atoms with van der Waals surface area (Å²) in [6.07, 6.45) is 2.92. The maximum atomic E-state index is 12.9. The average Bonchev–Trinajstić information content (AvgIpc) is 3.02. The summed E-state index contributed by atoms with van der Waals surface area (Å²) in [5, 5.41) is 8.86.